The average molecular weight is 330 g/mol. The Hall–Kier alpha value is -1.77. The van der Waals surface area contributed by atoms with Gasteiger partial charge in [-0.05, 0) is 44.2 Å². The molecule has 0 N–H and O–H groups in total. The van der Waals surface area contributed by atoms with E-state index in [1.807, 2.05) is 19.9 Å². The lowest BCUT2D eigenvalue weighted by atomic mass is 9.87. The second-order valence-electron chi connectivity index (χ2n) is 7.10. The van der Waals surface area contributed by atoms with E-state index in [2.05, 4.69) is 26.5 Å². The molecule has 0 saturated heterocycles. The van der Waals surface area contributed by atoms with Gasteiger partial charge >= 0.3 is 5.97 Å². The van der Waals surface area contributed by atoms with Gasteiger partial charge in [0.25, 0.3) is 0 Å². The number of esters is 1. The number of carbonyl (C=O) groups excluding carboxylic acids is 1. The van der Waals surface area contributed by atoms with Crippen molar-refractivity contribution in [3.8, 4) is 5.75 Å². The molecule has 3 heteroatoms. The summed E-state index contributed by atoms with van der Waals surface area (Å²) in [6.07, 6.45) is 6.46. The topological polar surface area (TPSA) is 35.5 Å². The summed E-state index contributed by atoms with van der Waals surface area (Å²) in [7, 11) is 0. The molecule has 1 aliphatic rings. The van der Waals surface area contributed by atoms with Gasteiger partial charge in [0.05, 0.1) is 0 Å². The Morgan fingerprint density at radius 2 is 1.92 bits per heavy atom. The molecule has 1 atom stereocenters. The van der Waals surface area contributed by atoms with Crippen LogP contribution in [0.1, 0.15) is 75.8 Å². The van der Waals surface area contributed by atoms with E-state index in [0.29, 0.717) is 0 Å². The molecule has 0 amide bonds. The van der Waals surface area contributed by atoms with Crippen LogP contribution in [0.3, 0.4) is 0 Å². The van der Waals surface area contributed by atoms with Crippen LogP contribution < -0.4 is 4.74 Å². The number of aryl methyl sites for hydroxylation is 2. The van der Waals surface area contributed by atoms with Crippen LogP contribution in [0.25, 0.3) is 0 Å². The molecule has 0 aromatic heterocycles. The average Bonchev–Trinajstić information content (AvgIpc) is 2.74. The SMILES string of the molecule is C=CCc1c(CCC)cc(CCC)c2c1OC(C)(C)C2OC(C)=O. The smallest absolute Gasteiger partial charge is 0.303 e. The van der Waals surface area contributed by atoms with E-state index in [1.54, 1.807) is 0 Å². The summed E-state index contributed by atoms with van der Waals surface area (Å²) in [5.74, 6) is 0.649. The zero-order valence-electron chi connectivity index (χ0n) is 15.7. The van der Waals surface area contributed by atoms with Gasteiger partial charge in [-0.25, -0.2) is 0 Å². The van der Waals surface area contributed by atoms with E-state index in [4.69, 9.17) is 9.47 Å². The molecule has 0 aliphatic carbocycles. The summed E-state index contributed by atoms with van der Waals surface area (Å²) in [5.41, 5.74) is 4.29. The molecular formula is C21H30O3. The summed E-state index contributed by atoms with van der Waals surface area (Å²) >= 11 is 0. The Bertz CT molecular complexity index is 628. The van der Waals surface area contributed by atoms with Crippen LogP contribution >= 0.6 is 0 Å². The van der Waals surface area contributed by atoms with Crippen molar-refractivity contribution in [2.45, 2.75) is 78.4 Å². The number of allylic oxidation sites excluding steroid dienone is 1. The highest BCUT2D eigenvalue weighted by Gasteiger charge is 2.46. The number of ether oxygens (including phenoxy) is 2. The van der Waals surface area contributed by atoms with Gasteiger partial charge in [0.2, 0.25) is 0 Å². The Morgan fingerprint density at radius 1 is 1.29 bits per heavy atom. The Kier molecular flexibility index (Phi) is 5.74. The predicted octanol–water partition coefficient (Wildman–Crippen LogP) is 5.10. The molecule has 132 valence electrons. The molecule has 1 aliphatic heterocycles. The normalized spacial score (nSPS) is 18.0. The fourth-order valence-corrected chi connectivity index (χ4v) is 3.60. The van der Waals surface area contributed by atoms with Crippen molar-refractivity contribution in [3.63, 3.8) is 0 Å². The minimum Gasteiger partial charge on any atom is -0.483 e. The maximum Gasteiger partial charge on any atom is 0.303 e. The highest BCUT2D eigenvalue weighted by Crippen LogP contribution is 2.50. The van der Waals surface area contributed by atoms with Crippen molar-refractivity contribution in [2.24, 2.45) is 0 Å². The van der Waals surface area contributed by atoms with Crippen molar-refractivity contribution in [2.75, 3.05) is 0 Å². The zero-order valence-corrected chi connectivity index (χ0v) is 15.7. The van der Waals surface area contributed by atoms with E-state index >= 15 is 0 Å². The molecule has 1 unspecified atom stereocenters. The molecule has 0 spiro atoms. The van der Waals surface area contributed by atoms with E-state index in [9.17, 15) is 4.79 Å². The Morgan fingerprint density at radius 3 is 2.46 bits per heavy atom. The van der Waals surface area contributed by atoms with E-state index < -0.39 is 5.60 Å². The minimum absolute atomic E-state index is 0.269. The highest BCUT2D eigenvalue weighted by molar-refractivity contribution is 5.67. The third-order valence-corrected chi connectivity index (χ3v) is 4.53. The number of hydrogen-bond acceptors (Lipinski definition) is 3. The predicted molar refractivity (Wildman–Crippen MR) is 97.5 cm³/mol. The molecule has 1 aromatic rings. The number of fused-ring (bicyclic) bond motifs is 1. The first-order chi connectivity index (χ1) is 11.4. The van der Waals surface area contributed by atoms with Gasteiger partial charge in [0, 0.05) is 18.1 Å². The molecule has 0 fully saturated rings. The van der Waals surface area contributed by atoms with E-state index in [0.717, 1.165) is 43.4 Å². The summed E-state index contributed by atoms with van der Waals surface area (Å²) < 4.78 is 12.0. The first-order valence-electron chi connectivity index (χ1n) is 9.00. The van der Waals surface area contributed by atoms with Crippen LogP contribution in [0, 0.1) is 0 Å². The number of hydrogen-bond donors (Lipinski definition) is 0. The lowest BCUT2D eigenvalue weighted by Crippen LogP contribution is -2.33. The van der Waals surface area contributed by atoms with Crippen molar-refractivity contribution < 1.29 is 14.3 Å². The highest BCUT2D eigenvalue weighted by atomic mass is 16.6. The van der Waals surface area contributed by atoms with Crippen molar-refractivity contribution in [1.82, 2.24) is 0 Å². The summed E-state index contributed by atoms with van der Waals surface area (Å²) in [4.78, 5) is 11.7. The standard InChI is InChI=1S/C21H30O3/c1-7-10-15-13-16(11-8-2)18-19(17(15)12-9-3)24-21(5,6)20(18)23-14(4)22/h9,13,20H,3,7-8,10-12H2,1-2,4-6H3. The van der Waals surface area contributed by atoms with Gasteiger partial charge in [-0.3, -0.25) is 4.79 Å². The Balaban J connectivity index is 2.68. The largest absolute Gasteiger partial charge is 0.483 e. The van der Waals surface area contributed by atoms with Crippen molar-refractivity contribution >= 4 is 5.97 Å². The van der Waals surface area contributed by atoms with Gasteiger partial charge in [-0.1, -0.05) is 38.8 Å². The van der Waals surface area contributed by atoms with Crippen LogP contribution in [0.4, 0.5) is 0 Å². The monoisotopic (exact) mass is 330 g/mol. The van der Waals surface area contributed by atoms with Crippen LogP contribution in [-0.2, 0) is 28.8 Å². The molecule has 0 saturated carbocycles. The zero-order chi connectivity index (χ0) is 17.9. The van der Waals surface area contributed by atoms with Crippen LogP contribution in [0.15, 0.2) is 18.7 Å². The van der Waals surface area contributed by atoms with Gasteiger partial charge in [-0.2, -0.15) is 0 Å². The molecule has 1 heterocycles. The summed E-state index contributed by atoms with van der Waals surface area (Å²) in [6.45, 7) is 13.7. The maximum absolute atomic E-state index is 11.7. The quantitative estimate of drug-likeness (QED) is 0.516. The van der Waals surface area contributed by atoms with E-state index in [-0.39, 0.29) is 12.1 Å². The number of rotatable bonds is 7. The Labute approximate surface area is 146 Å². The molecule has 0 bridgehead atoms. The van der Waals surface area contributed by atoms with Gasteiger partial charge < -0.3 is 9.47 Å². The minimum atomic E-state index is -0.558. The number of carbonyl (C=O) groups is 1. The molecule has 1 aromatic carbocycles. The van der Waals surface area contributed by atoms with E-state index in [1.165, 1.54) is 23.6 Å². The molecular weight excluding hydrogens is 300 g/mol. The van der Waals surface area contributed by atoms with Crippen LogP contribution in [0.5, 0.6) is 5.75 Å². The molecule has 3 nitrogen and oxygen atoms in total. The van der Waals surface area contributed by atoms with Crippen LogP contribution in [-0.4, -0.2) is 11.6 Å². The summed E-state index contributed by atoms with van der Waals surface area (Å²) in [5, 5.41) is 0. The van der Waals surface area contributed by atoms with Crippen molar-refractivity contribution in [1.29, 1.82) is 0 Å². The lowest BCUT2D eigenvalue weighted by Gasteiger charge is -2.26. The molecule has 0 radical (unpaired) electrons. The van der Waals surface area contributed by atoms with Crippen molar-refractivity contribution in [3.05, 3.63) is 41.0 Å². The second-order valence-corrected chi connectivity index (χ2v) is 7.10. The molecule has 24 heavy (non-hydrogen) atoms. The van der Waals surface area contributed by atoms with Gasteiger partial charge in [0.1, 0.15) is 11.4 Å². The van der Waals surface area contributed by atoms with Gasteiger partial charge in [-0.15, -0.1) is 6.58 Å². The third kappa shape index (κ3) is 3.50. The molecule has 2 rings (SSSR count). The number of benzene rings is 1. The van der Waals surface area contributed by atoms with Crippen LogP contribution in [0.2, 0.25) is 0 Å². The summed E-state index contributed by atoms with van der Waals surface area (Å²) in [6, 6.07) is 2.30. The fraction of sp³-hybridized carbons (Fsp3) is 0.571. The first-order valence-corrected chi connectivity index (χ1v) is 9.00. The van der Waals surface area contributed by atoms with Gasteiger partial charge in [0.15, 0.2) is 6.10 Å². The first kappa shape index (κ1) is 18.6. The third-order valence-electron chi connectivity index (χ3n) is 4.53. The maximum atomic E-state index is 11.7. The lowest BCUT2D eigenvalue weighted by molar-refractivity contribution is -0.154. The fourth-order valence-electron chi connectivity index (χ4n) is 3.60. The second kappa shape index (κ2) is 7.42.